The molecule has 13 heavy (non-hydrogen) atoms. The highest BCUT2D eigenvalue weighted by atomic mass is 15.2. The molecule has 0 saturated carbocycles. The van der Waals surface area contributed by atoms with Gasteiger partial charge in [0.1, 0.15) is 0 Å². The van der Waals surface area contributed by atoms with Crippen molar-refractivity contribution in [3.63, 3.8) is 0 Å². The van der Waals surface area contributed by atoms with E-state index < -0.39 is 6.50 Å². The Labute approximate surface area is 84.6 Å². The zero-order valence-corrected chi connectivity index (χ0v) is 8.77. The van der Waals surface area contributed by atoms with E-state index in [0.29, 0.717) is 5.92 Å². The fourth-order valence-corrected chi connectivity index (χ4v) is 2.97. The summed E-state index contributed by atoms with van der Waals surface area (Å²) >= 11 is 0. The highest BCUT2D eigenvalue weighted by molar-refractivity contribution is 5.17. The smallest absolute Gasteiger partial charge is 0.0478 e. The molecule has 0 aliphatic carbocycles. The average molecular weight is 181 g/mol. The molecule has 1 heteroatoms. The zero-order chi connectivity index (χ0) is 11.3. The van der Waals surface area contributed by atoms with Gasteiger partial charge in [0.25, 0.3) is 0 Å². The lowest BCUT2D eigenvalue weighted by atomic mass is 9.84. The van der Waals surface area contributed by atoms with Crippen molar-refractivity contribution in [1.82, 2.24) is 4.90 Å². The molecule has 2 saturated heterocycles. The van der Waals surface area contributed by atoms with Crippen LogP contribution in [0.2, 0.25) is 0 Å². The molecule has 1 nitrogen and oxygen atoms in total. The lowest BCUT2D eigenvalue weighted by Gasteiger charge is -2.33. The number of hydrogen-bond donors (Lipinski definition) is 0. The van der Waals surface area contributed by atoms with Crippen molar-refractivity contribution < 1.29 is 2.74 Å². The van der Waals surface area contributed by atoms with E-state index in [2.05, 4.69) is 25.3 Å². The second-order valence-corrected chi connectivity index (χ2v) is 4.97. The maximum absolute atomic E-state index is 8.08. The lowest BCUT2D eigenvalue weighted by molar-refractivity contribution is 0.163. The van der Waals surface area contributed by atoms with Gasteiger partial charge in [-0.05, 0) is 38.1 Å². The first kappa shape index (κ1) is 7.05. The maximum atomic E-state index is 8.08. The molecule has 0 aromatic rings. The minimum atomic E-state index is -1.26. The normalized spacial score (nSPS) is 40.7. The number of nitrogens with zero attached hydrogens (tertiary/aromatic N) is 1. The van der Waals surface area contributed by atoms with Crippen molar-refractivity contribution in [2.45, 2.75) is 45.1 Å². The van der Waals surface area contributed by atoms with Crippen LogP contribution in [0.25, 0.3) is 0 Å². The Hall–Kier alpha value is -0.300. The number of rotatable bonds is 2. The van der Waals surface area contributed by atoms with Crippen molar-refractivity contribution in [3.8, 4) is 0 Å². The van der Waals surface area contributed by atoms with Crippen molar-refractivity contribution in [2.75, 3.05) is 13.0 Å². The summed E-state index contributed by atoms with van der Waals surface area (Å²) in [5.41, 5.74) is 0.872. The predicted molar refractivity (Wildman–Crippen MR) is 56.8 cm³/mol. The Morgan fingerprint density at radius 2 is 2.46 bits per heavy atom. The van der Waals surface area contributed by atoms with Crippen LogP contribution in [0.5, 0.6) is 0 Å². The van der Waals surface area contributed by atoms with Crippen molar-refractivity contribution in [2.24, 2.45) is 5.92 Å². The summed E-state index contributed by atoms with van der Waals surface area (Å²) < 4.78 is 16.2. The fourth-order valence-electron chi connectivity index (χ4n) is 2.97. The Kier molecular flexibility index (Phi) is 1.70. The van der Waals surface area contributed by atoms with Crippen LogP contribution in [0.4, 0.5) is 0 Å². The van der Waals surface area contributed by atoms with E-state index in [1.165, 1.54) is 0 Å². The minimum Gasteiger partial charge on any atom is -0.293 e. The SMILES string of the molecule is [2H]C1([2H])C(=C)C[C@]2(CC(C)C)CCCN12. The van der Waals surface area contributed by atoms with E-state index in [9.17, 15) is 0 Å². The third-order valence-corrected chi connectivity index (χ3v) is 3.22. The Morgan fingerprint density at radius 1 is 1.69 bits per heavy atom. The van der Waals surface area contributed by atoms with E-state index in [1.54, 1.807) is 0 Å². The highest BCUT2D eigenvalue weighted by Gasteiger charge is 2.45. The van der Waals surface area contributed by atoms with Crippen LogP contribution in [0, 0.1) is 5.92 Å². The van der Waals surface area contributed by atoms with E-state index in [4.69, 9.17) is 2.74 Å². The van der Waals surface area contributed by atoms with Crippen molar-refractivity contribution in [1.29, 1.82) is 0 Å². The Bertz CT molecular complexity index is 285. The van der Waals surface area contributed by atoms with Gasteiger partial charge in [0.15, 0.2) is 0 Å². The molecule has 0 unspecified atom stereocenters. The predicted octanol–water partition coefficient (Wildman–Crippen LogP) is 2.83. The molecule has 2 aliphatic heterocycles. The van der Waals surface area contributed by atoms with Gasteiger partial charge in [0.2, 0.25) is 0 Å². The number of fused-ring (bicyclic) bond motifs is 1. The van der Waals surface area contributed by atoms with Gasteiger partial charge in [-0.1, -0.05) is 26.0 Å². The van der Waals surface area contributed by atoms with Gasteiger partial charge in [-0.3, -0.25) is 4.90 Å². The van der Waals surface area contributed by atoms with Crippen LogP contribution in [-0.4, -0.2) is 23.5 Å². The van der Waals surface area contributed by atoms with Crippen LogP contribution >= 0.6 is 0 Å². The summed E-state index contributed by atoms with van der Waals surface area (Å²) in [5.74, 6) is 0.632. The van der Waals surface area contributed by atoms with Crippen LogP contribution in [0.3, 0.4) is 0 Å². The Morgan fingerprint density at radius 3 is 3.15 bits per heavy atom. The van der Waals surface area contributed by atoms with Gasteiger partial charge in [-0.2, -0.15) is 0 Å². The van der Waals surface area contributed by atoms with Crippen LogP contribution in [-0.2, 0) is 0 Å². The molecule has 0 bridgehead atoms. The molecule has 0 amide bonds. The van der Waals surface area contributed by atoms with Gasteiger partial charge in [0, 0.05) is 14.8 Å². The first-order valence-electron chi connectivity index (χ1n) is 6.34. The van der Waals surface area contributed by atoms with E-state index in [0.717, 1.165) is 37.8 Å². The van der Waals surface area contributed by atoms with E-state index in [1.807, 2.05) is 0 Å². The summed E-state index contributed by atoms with van der Waals surface area (Å²) in [6.45, 7) is 8.02. The summed E-state index contributed by atoms with van der Waals surface area (Å²) in [4.78, 5) is 2.07. The molecule has 74 valence electrons. The monoisotopic (exact) mass is 181 g/mol. The molecule has 0 aromatic heterocycles. The molecule has 0 spiro atoms. The minimum absolute atomic E-state index is 0.0920. The topological polar surface area (TPSA) is 3.24 Å². The first-order valence-corrected chi connectivity index (χ1v) is 5.34. The fraction of sp³-hybridized carbons (Fsp3) is 0.833. The average Bonchev–Trinajstić information content (AvgIpc) is 2.53. The molecule has 2 heterocycles. The second-order valence-electron chi connectivity index (χ2n) is 4.97. The van der Waals surface area contributed by atoms with Gasteiger partial charge in [-0.15, -0.1) is 0 Å². The molecule has 2 rings (SSSR count). The third-order valence-electron chi connectivity index (χ3n) is 3.22. The second kappa shape index (κ2) is 3.13. The van der Waals surface area contributed by atoms with Crippen LogP contribution in [0.1, 0.15) is 42.3 Å². The van der Waals surface area contributed by atoms with Crippen LogP contribution in [0.15, 0.2) is 12.2 Å². The van der Waals surface area contributed by atoms with Crippen molar-refractivity contribution >= 4 is 0 Å². The van der Waals surface area contributed by atoms with Gasteiger partial charge >= 0.3 is 0 Å². The molecule has 0 aromatic carbocycles. The molecule has 1 atom stereocenters. The molecule has 2 aliphatic rings. The van der Waals surface area contributed by atoms with Crippen LogP contribution < -0.4 is 0 Å². The summed E-state index contributed by atoms with van der Waals surface area (Å²) in [5, 5.41) is 0. The van der Waals surface area contributed by atoms with Gasteiger partial charge in [-0.25, -0.2) is 0 Å². The lowest BCUT2D eigenvalue weighted by Crippen LogP contribution is -2.39. The summed E-state index contributed by atoms with van der Waals surface area (Å²) in [7, 11) is 0. The highest BCUT2D eigenvalue weighted by Crippen LogP contribution is 2.44. The van der Waals surface area contributed by atoms with Gasteiger partial charge in [0.05, 0.1) is 0 Å². The van der Waals surface area contributed by atoms with Crippen molar-refractivity contribution in [3.05, 3.63) is 12.2 Å². The molecule has 0 N–H and O–H groups in total. The maximum Gasteiger partial charge on any atom is 0.0478 e. The molecular weight excluding hydrogens is 158 g/mol. The Balaban J connectivity index is 2.28. The third kappa shape index (κ3) is 1.54. The molecular formula is C12H21N. The summed E-state index contributed by atoms with van der Waals surface area (Å²) in [6, 6.07) is 0. The standard InChI is InChI=1S/C12H21N/c1-10(2)7-12-5-4-6-13(12)9-11(3)8-12/h10H,3-9H2,1-2H3/t12-/m1/s1/i9D2. The number of hydrogen-bond acceptors (Lipinski definition) is 1. The zero-order valence-electron chi connectivity index (χ0n) is 10.8. The van der Waals surface area contributed by atoms with E-state index in [-0.39, 0.29) is 5.54 Å². The summed E-state index contributed by atoms with van der Waals surface area (Å²) in [6.07, 6.45) is 4.24. The van der Waals surface area contributed by atoms with Gasteiger partial charge < -0.3 is 0 Å². The molecule has 0 radical (unpaired) electrons. The van der Waals surface area contributed by atoms with E-state index >= 15 is 0 Å². The quantitative estimate of drug-likeness (QED) is 0.592. The first-order chi connectivity index (χ1) is 6.88. The molecule has 2 fully saturated rings. The largest absolute Gasteiger partial charge is 0.293 e.